The van der Waals surface area contributed by atoms with Gasteiger partial charge in [-0.15, -0.1) is 0 Å². The number of halogens is 2. The Labute approximate surface area is 165 Å². The number of nitrogens with one attached hydrogen (secondary N) is 1. The molecule has 2 aromatic rings. The molecule has 25 heavy (non-hydrogen) atoms. The number of anilines is 2. The summed E-state index contributed by atoms with van der Waals surface area (Å²) in [4.78, 5) is 10.8. The van der Waals surface area contributed by atoms with Gasteiger partial charge in [0.2, 0.25) is 0 Å². The predicted molar refractivity (Wildman–Crippen MR) is 110 cm³/mol. The average molecular weight is 468 g/mol. The molecule has 1 fully saturated rings. The molecule has 1 aromatic carbocycles. The van der Waals surface area contributed by atoms with Crippen molar-refractivity contribution in [1.82, 2.24) is 14.9 Å². The summed E-state index contributed by atoms with van der Waals surface area (Å²) in [6, 6.07) is 6.82. The Bertz CT molecular complexity index is 849. The van der Waals surface area contributed by atoms with Gasteiger partial charge in [-0.1, -0.05) is 23.7 Å². The van der Waals surface area contributed by atoms with Gasteiger partial charge < -0.3 is 16.0 Å². The second kappa shape index (κ2) is 6.64. The van der Waals surface area contributed by atoms with Gasteiger partial charge in [-0.2, -0.15) is 0 Å². The SMILES string of the molecule is C[C@H](Nc1ncnc(N)c1I)C1=Cc2cccc(Cl)c2CN1C1CC1. The Balaban J connectivity index is 1.67. The molecule has 7 heteroatoms. The van der Waals surface area contributed by atoms with E-state index in [2.05, 4.69) is 61.8 Å². The Morgan fingerprint density at radius 1 is 1.36 bits per heavy atom. The second-order valence-electron chi connectivity index (χ2n) is 6.52. The smallest absolute Gasteiger partial charge is 0.145 e. The third kappa shape index (κ3) is 3.29. The van der Waals surface area contributed by atoms with Crippen LogP contribution in [0.4, 0.5) is 11.6 Å². The van der Waals surface area contributed by atoms with Crippen molar-refractivity contribution >= 4 is 51.9 Å². The van der Waals surface area contributed by atoms with Gasteiger partial charge in [-0.25, -0.2) is 9.97 Å². The molecule has 130 valence electrons. The van der Waals surface area contributed by atoms with Crippen LogP contribution in [0.1, 0.15) is 30.9 Å². The van der Waals surface area contributed by atoms with Gasteiger partial charge in [0, 0.05) is 23.3 Å². The number of nitrogens with two attached hydrogens (primary N) is 1. The monoisotopic (exact) mass is 467 g/mol. The third-order valence-corrected chi connectivity index (χ3v) is 6.14. The van der Waals surface area contributed by atoms with E-state index in [1.165, 1.54) is 36.0 Å². The molecule has 2 heterocycles. The zero-order chi connectivity index (χ0) is 17.6. The molecule has 4 rings (SSSR count). The maximum absolute atomic E-state index is 6.42. The fourth-order valence-electron chi connectivity index (χ4n) is 3.24. The van der Waals surface area contributed by atoms with E-state index in [1.54, 1.807) is 0 Å². The minimum absolute atomic E-state index is 0.107. The molecular weight excluding hydrogens is 449 g/mol. The molecule has 1 saturated carbocycles. The Morgan fingerprint density at radius 2 is 2.16 bits per heavy atom. The Morgan fingerprint density at radius 3 is 2.92 bits per heavy atom. The molecule has 0 radical (unpaired) electrons. The van der Waals surface area contributed by atoms with Gasteiger partial charge in [0.05, 0.1) is 9.61 Å². The summed E-state index contributed by atoms with van der Waals surface area (Å²) < 4.78 is 0.852. The summed E-state index contributed by atoms with van der Waals surface area (Å²) in [5.74, 6) is 1.27. The van der Waals surface area contributed by atoms with Crippen LogP contribution in [-0.2, 0) is 6.54 Å². The van der Waals surface area contributed by atoms with E-state index >= 15 is 0 Å². The lowest BCUT2D eigenvalue weighted by atomic mass is 9.98. The van der Waals surface area contributed by atoms with Gasteiger partial charge in [-0.05, 0) is 65.6 Å². The zero-order valence-corrected chi connectivity index (χ0v) is 16.8. The number of hydrogen-bond acceptors (Lipinski definition) is 5. The Hall–Kier alpha value is -1.54. The highest BCUT2D eigenvalue weighted by atomic mass is 127. The maximum atomic E-state index is 6.42. The summed E-state index contributed by atoms with van der Waals surface area (Å²) >= 11 is 8.61. The average Bonchev–Trinajstić information content (AvgIpc) is 3.43. The largest absolute Gasteiger partial charge is 0.383 e. The van der Waals surface area contributed by atoms with E-state index in [4.69, 9.17) is 17.3 Å². The van der Waals surface area contributed by atoms with Crippen molar-refractivity contribution in [2.45, 2.75) is 38.4 Å². The number of fused-ring (bicyclic) bond motifs is 1. The summed E-state index contributed by atoms with van der Waals surface area (Å²) in [5.41, 5.74) is 9.59. The highest BCUT2D eigenvalue weighted by Gasteiger charge is 2.35. The summed E-state index contributed by atoms with van der Waals surface area (Å²) in [6.07, 6.45) is 6.22. The Kier molecular flexibility index (Phi) is 4.49. The van der Waals surface area contributed by atoms with Crippen LogP contribution in [0.25, 0.3) is 6.08 Å². The van der Waals surface area contributed by atoms with Crippen molar-refractivity contribution in [1.29, 1.82) is 0 Å². The van der Waals surface area contributed by atoms with Crippen molar-refractivity contribution in [2.24, 2.45) is 0 Å². The molecule has 2 aliphatic rings. The number of rotatable bonds is 4. The van der Waals surface area contributed by atoms with E-state index in [-0.39, 0.29) is 6.04 Å². The number of hydrogen-bond donors (Lipinski definition) is 2. The lowest BCUT2D eigenvalue weighted by molar-refractivity contribution is 0.309. The van der Waals surface area contributed by atoms with Gasteiger partial charge in [-0.3, -0.25) is 0 Å². The zero-order valence-electron chi connectivity index (χ0n) is 13.8. The normalized spacial score (nSPS) is 17.7. The molecule has 1 atom stereocenters. The van der Waals surface area contributed by atoms with Crippen LogP contribution in [-0.4, -0.2) is 27.0 Å². The van der Waals surface area contributed by atoms with Crippen LogP contribution < -0.4 is 11.1 Å². The van der Waals surface area contributed by atoms with Crippen LogP contribution in [0, 0.1) is 3.57 Å². The number of nitrogen functional groups attached to an aromatic ring is 1. The predicted octanol–water partition coefficient (Wildman–Crippen LogP) is 4.14. The summed E-state index contributed by atoms with van der Waals surface area (Å²) in [6.45, 7) is 3.02. The lowest BCUT2D eigenvalue weighted by Gasteiger charge is -2.36. The summed E-state index contributed by atoms with van der Waals surface area (Å²) in [7, 11) is 0. The van der Waals surface area contributed by atoms with E-state index in [0.717, 1.165) is 21.0 Å². The fourth-order valence-corrected chi connectivity index (χ4v) is 3.92. The first-order valence-corrected chi connectivity index (χ1v) is 9.78. The molecule has 0 saturated heterocycles. The minimum Gasteiger partial charge on any atom is -0.383 e. The molecular formula is C18H19ClIN5. The number of benzene rings is 1. The van der Waals surface area contributed by atoms with Crippen molar-refractivity contribution < 1.29 is 0 Å². The molecule has 3 N–H and O–H groups in total. The van der Waals surface area contributed by atoms with Crippen LogP contribution in [0.3, 0.4) is 0 Å². The standard InChI is InChI=1S/C18H19ClIN5/c1-10(24-18-16(20)17(21)22-9-23-18)15-7-11-3-2-4-14(19)13(11)8-25(15)12-5-6-12/h2-4,7,9-10,12H,5-6,8H2,1H3,(H3,21,22,23,24)/t10-/m0/s1. The van der Waals surface area contributed by atoms with Gasteiger partial charge >= 0.3 is 0 Å². The lowest BCUT2D eigenvalue weighted by Crippen LogP contribution is -2.36. The van der Waals surface area contributed by atoms with Crippen LogP contribution in [0.2, 0.25) is 5.02 Å². The maximum Gasteiger partial charge on any atom is 0.145 e. The first-order chi connectivity index (χ1) is 12.0. The van der Waals surface area contributed by atoms with Crippen molar-refractivity contribution in [3.05, 3.63) is 49.9 Å². The molecule has 5 nitrogen and oxygen atoms in total. The molecule has 0 spiro atoms. The van der Waals surface area contributed by atoms with Crippen molar-refractivity contribution in [2.75, 3.05) is 11.1 Å². The van der Waals surface area contributed by atoms with Crippen molar-refractivity contribution in [3.63, 3.8) is 0 Å². The highest BCUT2D eigenvalue weighted by molar-refractivity contribution is 14.1. The molecule has 0 bridgehead atoms. The first-order valence-electron chi connectivity index (χ1n) is 8.32. The van der Waals surface area contributed by atoms with Crippen LogP contribution in [0.5, 0.6) is 0 Å². The second-order valence-corrected chi connectivity index (χ2v) is 8.01. The van der Waals surface area contributed by atoms with Gasteiger partial charge in [0.25, 0.3) is 0 Å². The van der Waals surface area contributed by atoms with E-state index < -0.39 is 0 Å². The van der Waals surface area contributed by atoms with Crippen LogP contribution in [0.15, 0.2) is 30.2 Å². The quantitative estimate of drug-likeness (QED) is 0.662. The third-order valence-electron chi connectivity index (χ3n) is 4.72. The van der Waals surface area contributed by atoms with E-state index in [0.29, 0.717) is 11.9 Å². The number of aromatic nitrogens is 2. The van der Waals surface area contributed by atoms with Crippen LogP contribution >= 0.6 is 34.2 Å². The molecule has 1 aliphatic carbocycles. The molecule has 1 aromatic heterocycles. The fraction of sp³-hybridized carbons (Fsp3) is 0.333. The first kappa shape index (κ1) is 16.9. The summed E-state index contributed by atoms with van der Waals surface area (Å²) in [5, 5.41) is 4.34. The molecule has 0 unspecified atom stereocenters. The number of nitrogens with zero attached hydrogens (tertiary/aromatic N) is 3. The van der Waals surface area contributed by atoms with Gasteiger partial charge in [0.1, 0.15) is 18.0 Å². The van der Waals surface area contributed by atoms with E-state index in [9.17, 15) is 0 Å². The van der Waals surface area contributed by atoms with Crippen molar-refractivity contribution in [3.8, 4) is 0 Å². The topological polar surface area (TPSA) is 67.1 Å². The minimum atomic E-state index is 0.107. The molecule has 0 amide bonds. The molecule has 1 aliphatic heterocycles. The van der Waals surface area contributed by atoms with Gasteiger partial charge in [0.15, 0.2) is 0 Å². The highest BCUT2D eigenvalue weighted by Crippen LogP contribution is 2.39. The van der Waals surface area contributed by atoms with E-state index in [1.807, 2.05) is 12.1 Å².